The summed E-state index contributed by atoms with van der Waals surface area (Å²) in [7, 11) is 1.30. The number of ether oxygens (including phenoxy) is 4. The zero-order valence-corrected chi connectivity index (χ0v) is 26.8. The zero-order valence-electron chi connectivity index (χ0n) is 26.8. The van der Waals surface area contributed by atoms with E-state index in [1.165, 1.54) is 32.2 Å². The van der Waals surface area contributed by atoms with Crippen LogP contribution in [-0.2, 0) is 30.2 Å². The number of hydrogen-bond acceptors (Lipinski definition) is 14. The van der Waals surface area contributed by atoms with Gasteiger partial charge >= 0.3 is 6.09 Å². The van der Waals surface area contributed by atoms with Crippen molar-refractivity contribution in [3.63, 3.8) is 0 Å². The van der Waals surface area contributed by atoms with Gasteiger partial charge in [0.15, 0.2) is 17.9 Å². The number of ketones is 4. The predicted octanol–water partition coefficient (Wildman–Crippen LogP) is 1.28. The second-order valence-electron chi connectivity index (χ2n) is 12.9. The number of hydrogen-bond donors (Lipinski definition) is 6. The molecule has 2 fully saturated rings. The number of phenolic OH excluding ortho intramolecular Hbond substituents is 2. The molecule has 6 rings (SSSR count). The standard InChI is InChI=1S/C34H37NO14/c1-14-28(39)19(35-33(44)48-16-6-3-5-15(37)9-16)10-23(47-14)49-21-12-34(45,22(38)13-36)11-18-25(21)32(43)27-26(30(18)41)29(40)17-7-4-8-20(46-2)24(17)31(27)42/h4,7-8,14,16,19,21,23,28,36,39,41,43,45H,3,5-6,9-13H2,1-2H3,(H,35,44)/t14-,16?,19-,21-,23-,28+,34?/m1/s1. The van der Waals surface area contributed by atoms with E-state index in [9.17, 15) is 49.5 Å². The third kappa shape index (κ3) is 6.06. The number of Topliss-reactive ketones (excluding diaryl/α,β-unsaturated/α-hetero) is 2. The number of phenols is 2. The van der Waals surface area contributed by atoms with Gasteiger partial charge in [0.2, 0.25) is 5.78 Å². The van der Waals surface area contributed by atoms with E-state index in [1.54, 1.807) is 0 Å². The van der Waals surface area contributed by atoms with Crippen LogP contribution in [0, 0.1) is 0 Å². The van der Waals surface area contributed by atoms with Crippen molar-refractivity contribution in [1.29, 1.82) is 0 Å². The van der Waals surface area contributed by atoms with Gasteiger partial charge in [0.1, 0.15) is 47.4 Å². The van der Waals surface area contributed by atoms with Crippen LogP contribution in [0.4, 0.5) is 4.79 Å². The molecule has 15 heteroatoms. The molecule has 2 aromatic carbocycles. The molecule has 1 amide bonds. The van der Waals surface area contributed by atoms with Crippen LogP contribution in [0.15, 0.2) is 18.2 Å². The minimum atomic E-state index is -2.34. The molecule has 3 aliphatic carbocycles. The molecule has 7 atom stereocenters. The topological polar surface area (TPSA) is 235 Å². The number of aliphatic hydroxyl groups is 3. The average Bonchev–Trinajstić information content (AvgIpc) is 3.06. The Morgan fingerprint density at radius 3 is 2.51 bits per heavy atom. The molecule has 1 aliphatic heterocycles. The molecule has 49 heavy (non-hydrogen) atoms. The molecule has 1 saturated carbocycles. The Balaban J connectivity index is 1.35. The number of benzene rings is 2. The summed E-state index contributed by atoms with van der Waals surface area (Å²) in [5, 5.41) is 57.8. The van der Waals surface area contributed by atoms with Crippen molar-refractivity contribution >= 4 is 29.2 Å². The molecule has 0 radical (unpaired) electrons. The first-order valence-corrected chi connectivity index (χ1v) is 16.0. The van der Waals surface area contributed by atoms with Crippen molar-refractivity contribution in [3.8, 4) is 17.2 Å². The van der Waals surface area contributed by atoms with Crippen LogP contribution in [0.1, 0.15) is 94.5 Å². The summed E-state index contributed by atoms with van der Waals surface area (Å²) >= 11 is 0. The van der Waals surface area contributed by atoms with Gasteiger partial charge in [-0.3, -0.25) is 19.2 Å². The van der Waals surface area contributed by atoms with Crippen LogP contribution in [0.25, 0.3) is 0 Å². The highest BCUT2D eigenvalue weighted by Crippen LogP contribution is 2.52. The SMILES string of the molecule is COc1cccc2c1C(=O)c1c(O)c3c(c(O)c1C2=O)CC(O)(C(=O)CO)C[C@H]3O[C@@H]1C[C@@H](NC(=O)OC2CCCC(=O)C2)[C@@H](O)[C@@H](C)O1. The molecule has 0 aromatic heterocycles. The third-order valence-corrected chi connectivity index (χ3v) is 9.77. The second-order valence-corrected chi connectivity index (χ2v) is 12.9. The van der Waals surface area contributed by atoms with E-state index < -0.39 is 108 Å². The molecule has 4 aliphatic rings. The largest absolute Gasteiger partial charge is 0.507 e. The van der Waals surface area contributed by atoms with Crippen LogP contribution in [0.5, 0.6) is 17.2 Å². The molecule has 0 bridgehead atoms. The maximum absolute atomic E-state index is 13.9. The van der Waals surface area contributed by atoms with Crippen molar-refractivity contribution in [1.82, 2.24) is 5.32 Å². The number of amides is 1. The summed E-state index contributed by atoms with van der Waals surface area (Å²) in [6, 6.07) is 3.31. The minimum Gasteiger partial charge on any atom is -0.507 e. The lowest BCUT2D eigenvalue weighted by molar-refractivity contribution is -0.249. The van der Waals surface area contributed by atoms with E-state index in [-0.39, 0.29) is 46.6 Å². The number of methoxy groups -OCH3 is 1. The van der Waals surface area contributed by atoms with Crippen LogP contribution < -0.4 is 10.1 Å². The number of carbonyl (C=O) groups is 5. The first-order chi connectivity index (χ1) is 23.3. The van der Waals surface area contributed by atoms with E-state index in [4.69, 9.17) is 18.9 Å². The highest BCUT2D eigenvalue weighted by atomic mass is 16.7. The molecular weight excluding hydrogens is 646 g/mol. The lowest BCUT2D eigenvalue weighted by atomic mass is 9.72. The van der Waals surface area contributed by atoms with Crippen molar-refractivity contribution in [2.24, 2.45) is 0 Å². The molecular formula is C34H37NO14. The minimum absolute atomic E-state index is 0.0189. The molecule has 6 N–H and O–H groups in total. The highest BCUT2D eigenvalue weighted by molar-refractivity contribution is 6.31. The van der Waals surface area contributed by atoms with E-state index >= 15 is 0 Å². The Morgan fingerprint density at radius 2 is 1.82 bits per heavy atom. The predicted molar refractivity (Wildman–Crippen MR) is 164 cm³/mol. The Labute approximate surface area is 279 Å². The van der Waals surface area contributed by atoms with Crippen molar-refractivity contribution < 1.29 is 68.5 Å². The third-order valence-electron chi connectivity index (χ3n) is 9.77. The van der Waals surface area contributed by atoms with Gasteiger partial charge in [-0.15, -0.1) is 0 Å². The Kier molecular flexibility index (Phi) is 9.23. The fourth-order valence-corrected chi connectivity index (χ4v) is 7.28. The fourth-order valence-electron chi connectivity index (χ4n) is 7.28. The molecule has 2 unspecified atom stereocenters. The van der Waals surface area contributed by atoms with Crippen LogP contribution in [-0.4, -0.2) is 105 Å². The fraction of sp³-hybridized carbons (Fsp3) is 0.500. The summed E-state index contributed by atoms with van der Waals surface area (Å²) in [6.07, 6.45) is -6.16. The summed E-state index contributed by atoms with van der Waals surface area (Å²) < 4.78 is 22.7. The second kappa shape index (κ2) is 13.1. The van der Waals surface area contributed by atoms with Gasteiger partial charge in [-0.05, 0) is 25.8 Å². The maximum atomic E-state index is 13.9. The van der Waals surface area contributed by atoms with E-state index in [2.05, 4.69) is 5.32 Å². The number of aliphatic hydroxyl groups excluding tert-OH is 2. The van der Waals surface area contributed by atoms with Crippen molar-refractivity contribution in [2.75, 3.05) is 13.7 Å². The monoisotopic (exact) mass is 683 g/mol. The average molecular weight is 684 g/mol. The zero-order chi connectivity index (χ0) is 35.4. The summed E-state index contributed by atoms with van der Waals surface area (Å²) in [5.41, 5.74) is -4.07. The normalized spacial score (nSPS) is 29.4. The number of aromatic hydroxyl groups is 2. The van der Waals surface area contributed by atoms with E-state index in [0.29, 0.717) is 19.3 Å². The van der Waals surface area contributed by atoms with Crippen LogP contribution in [0.2, 0.25) is 0 Å². The first kappa shape index (κ1) is 34.5. The quantitative estimate of drug-likeness (QED) is 0.193. The molecule has 15 nitrogen and oxygen atoms in total. The summed E-state index contributed by atoms with van der Waals surface area (Å²) in [4.78, 5) is 64.9. The number of fused-ring (bicyclic) bond motifs is 3. The Hall–Kier alpha value is -4.41. The molecule has 0 spiro atoms. The van der Waals surface area contributed by atoms with Gasteiger partial charge < -0.3 is 49.8 Å². The number of carbonyl (C=O) groups excluding carboxylic acids is 5. The molecule has 262 valence electrons. The van der Waals surface area contributed by atoms with Gasteiger partial charge in [-0.1, -0.05) is 12.1 Å². The number of nitrogens with one attached hydrogen (secondary N) is 1. The van der Waals surface area contributed by atoms with E-state index in [1.807, 2.05) is 0 Å². The molecule has 1 heterocycles. The Bertz CT molecular complexity index is 1740. The van der Waals surface area contributed by atoms with Crippen molar-refractivity contribution in [2.45, 2.75) is 94.2 Å². The van der Waals surface area contributed by atoms with E-state index in [0.717, 1.165) is 0 Å². The smallest absolute Gasteiger partial charge is 0.407 e. The van der Waals surface area contributed by atoms with Gasteiger partial charge in [0, 0.05) is 48.8 Å². The summed E-state index contributed by atoms with van der Waals surface area (Å²) in [6.45, 7) is 0.430. The lowest BCUT2D eigenvalue weighted by Crippen LogP contribution is -2.56. The number of alkyl carbamates (subject to hydrolysis) is 1. The Morgan fingerprint density at radius 1 is 1.08 bits per heavy atom. The maximum Gasteiger partial charge on any atom is 0.407 e. The van der Waals surface area contributed by atoms with Gasteiger partial charge in [0.25, 0.3) is 0 Å². The first-order valence-electron chi connectivity index (χ1n) is 16.0. The highest BCUT2D eigenvalue weighted by Gasteiger charge is 2.50. The van der Waals surface area contributed by atoms with Gasteiger partial charge in [-0.2, -0.15) is 0 Å². The van der Waals surface area contributed by atoms with Crippen molar-refractivity contribution in [3.05, 3.63) is 51.6 Å². The lowest BCUT2D eigenvalue weighted by Gasteiger charge is -2.42. The summed E-state index contributed by atoms with van der Waals surface area (Å²) in [5.74, 6) is -4.11. The van der Waals surface area contributed by atoms with Gasteiger partial charge in [0.05, 0.1) is 42.0 Å². The van der Waals surface area contributed by atoms with Crippen LogP contribution in [0.3, 0.4) is 0 Å². The van der Waals surface area contributed by atoms with Gasteiger partial charge in [-0.25, -0.2) is 4.79 Å². The van der Waals surface area contributed by atoms with Crippen LogP contribution >= 0.6 is 0 Å². The number of rotatable bonds is 7. The molecule has 1 saturated heterocycles. The molecule has 2 aromatic rings.